The molecule has 3 aliphatic heterocycles. The molecular weight excluding hydrogens is 518 g/mol. The van der Waals surface area contributed by atoms with Crippen molar-refractivity contribution in [2.24, 2.45) is 0 Å². The number of hydrogen-bond acceptors (Lipinski definition) is 9. The first kappa shape index (κ1) is 26.6. The van der Waals surface area contributed by atoms with Gasteiger partial charge in [-0.25, -0.2) is 14.5 Å². The van der Waals surface area contributed by atoms with Crippen LogP contribution in [0.1, 0.15) is 31.4 Å². The van der Waals surface area contributed by atoms with Gasteiger partial charge in [0, 0.05) is 60.3 Å². The van der Waals surface area contributed by atoms with Gasteiger partial charge in [0.25, 0.3) is 0 Å². The minimum atomic E-state index is -0.981. The molecule has 3 aliphatic rings. The van der Waals surface area contributed by atoms with Crippen LogP contribution in [0.3, 0.4) is 0 Å². The van der Waals surface area contributed by atoms with Crippen LogP contribution in [-0.2, 0) is 0 Å². The molecule has 0 amide bonds. The quantitative estimate of drug-likeness (QED) is 0.348. The number of anilines is 1. The number of fused-ring (bicyclic) bond motifs is 3. The first-order valence-electron chi connectivity index (χ1n) is 13.5. The highest BCUT2D eigenvalue weighted by Gasteiger charge is 2.44. The molecule has 7 rings (SSSR count). The fourth-order valence-electron chi connectivity index (χ4n) is 5.41. The SMILES string of the molecule is COc1ccc(C#CCN2C3CC2CN(c2ccc(-c4cc(OCC(C)(C)O)cn5ncc(C#N)c45)cn2)C3)cn1. The second-order valence-electron chi connectivity index (χ2n) is 11.1. The standard InChI is InChI=1S/C31H31N7O3/c1-31(2,39)20-41-26-12-27(30-23(13-32)16-35-38(30)19-26)22-7-8-28(33-15-22)36-17-24-11-25(18-36)37(24)10-4-5-21-6-9-29(40-3)34-14-21/h6-9,12,14-16,19,24-25,39H,10-11,17-18,20H2,1-3H3. The predicted molar refractivity (Wildman–Crippen MR) is 154 cm³/mol. The molecule has 2 bridgehead atoms. The van der Waals surface area contributed by atoms with Gasteiger partial charge in [-0.1, -0.05) is 11.8 Å². The predicted octanol–water partition coefficient (Wildman–Crippen LogP) is 3.14. The highest BCUT2D eigenvalue weighted by atomic mass is 16.5. The minimum absolute atomic E-state index is 0.125. The minimum Gasteiger partial charge on any atom is -0.489 e. The average Bonchev–Trinajstić information content (AvgIpc) is 3.41. The summed E-state index contributed by atoms with van der Waals surface area (Å²) in [6, 6.07) is 12.8. The molecule has 10 nitrogen and oxygen atoms in total. The Hall–Kier alpha value is -4.64. The molecule has 4 aromatic rings. The summed E-state index contributed by atoms with van der Waals surface area (Å²) >= 11 is 0. The van der Waals surface area contributed by atoms with E-state index in [-0.39, 0.29) is 6.61 Å². The molecule has 41 heavy (non-hydrogen) atoms. The van der Waals surface area contributed by atoms with Crippen LogP contribution in [0.4, 0.5) is 5.82 Å². The number of aliphatic hydroxyl groups is 1. The number of ether oxygens (including phenoxy) is 2. The van der Waals surface area contributed by atoms with Crippen LogP contribution in [0.15, 0.2) is 55.1 Å². The van der Waals surface area contributed by atoms with Crippen LogP contribution >= 0.6 is 0 Å². The zero-order valence-electron chi connectivity index (χ0n) is 23.3. The molecule has 2 atom stereocenters. The van der Waals surface area contributed by atoms with E-state index in [1.54, 1.807) is 44.1 Å². The Balaban J connectivity index is 1.15. The van der Waals surface area contributed by atoms with Crippen LogP contribution in [0, 0.1) is 23.2 Å². The van der Waals surface area contributed by atoms with Gasteiger partial charge >= 0.3 is 0 Å². The smallest absolute Gasteiger partial charge is 0.212 e. The Morgan fingerprint density at radius 2 is 1.93 bits per heavy atom. The molecule has 208 valence electrons. The summed E-state index contributed by atoms with van der Waals surface area (Å²) < 4.78 is 12.6. The van der Waals surface area contributed by atoms with E-state index in [1.165, 1.54) is 6.42 Å². The van der Waals surface area contributed by atoms with E-state index in [0.717, 1.165) is 42.1 Å². The number of rotatable bonds is 7. The molecule has 0 saturated carbocycles. The normalized spacial score (nSPS) is 18.3. The van der Waals surface area contributed by atoms with Gasteiger partial charge in [0.05, 0.1) is 42.7 Å². The molecule has 3 saturated heterocycles. The van der Waals surface area contributed by atoms with Gasteiger partial charge in [0.2, 0.25) is 5.88 Å². The van der Waals surface area contributed by atoms with Crippen LogP contribution < -0.4 is 14.4 Å². The highest BCUT2D eigenvalue weighted by molar-refractivity contribution is 5.85. The molecule has 0 spiro atoms. The maximum Gasteiger partial charge on any atom is 0.212 e. The first-order chi connectivity index (χ1) is 19.8. The van der Waals surface area contributed by atoms with Crippen molar-refractivity contribution in [1.82, 2.24) is 24.5 Å². The number of aromatic nitrogens is 4. The number of nitrogens with zero attached hydrogens (tertiary/aromatic N) is 7. The third kappa shape index (κ3) is 5.53. The van der Waals surface area contributed by atoms with Gasteiger partial charge in [0.15, 0.2) is 0 Å². The number of piperidine rings is 1. The zero-order valence-corrected chi connectivity index (χ0v) is 23.3. The van der Waals surface area contributed by atoms with Crippen LogP contribution in [0.2, 0.25) is 0 Å². The van der Waals surface area contributed by atoms with Crippen LogP contribution in [0.5, 0.6) is 11.6 Å². The summed E-state index contributed by atoms with van der Waals surface area (Å²) in [5.74, 6) is 8.57. The van der Waals surface area contributed by atoms with Crippen molar-refractivity contribution in [3.05, 3.63) is 66.2 Å². The van der Waals surface area contributed by atoms with E-state index in [2.05, 4.69) is 37.8 Å². The maximum atomic E-state index is 10.1. The Morgan fingerprint density at radius 3 is 2.59 bits per heavy atom. The lowest BCUT2D eigenvalue weighted by Gasteiger charge is -2.56. The van der Waals surface area contributed by atoms with Crippen molar-refractivity contribution in [2.45, 2.75) is 38.0 Å². The molecule has 0 aliphatic carbocycles. The van der Waals surface area contributed by atoms with Crippen molar-refractivity contribution < 1.29 is 14.6 Å². The second-order valence-corrected chi connectivity index (χ2v) is 11.1. The summed E-state index contributed by atoms with van der Waals surface area (Å²) in [5.41, 5.74) is 2.72. The topological polar surface area (TPSA) is 112 Å². The monoisotopic (exact) mass is 549 g/mol. The van der Waals surface area contributed by atoms with Crippen molar-refractivity contribution in [3.63, 3.8) is 0 Å². The van der Waals surface area contributed by atoms with Gasteiger partial charge < -0.3 is 19.5 Å². The summed E-state index contributed by atoms with van der Waals surface area (Å²) in [6.45, 7) is 6.04. The highest BCUT2D eigenvalue weighted by Crippen LogP contribution is 2.35. The Morgan fingerprint density at radius 1 is 1.10 bits per heavy atom. The van der Waals surface area contributed by atoms with Crippen LogP contribution in [-0.4, -0.2) is 80.6 Å². The van der Waals surface area contributed by atoms with E-state index in [0.29, 0.717) is 34.8 Å². The van der Waals surface area contributed by atoms with Gasteiger partial charge in [0.1, 0.15) is 24.2 Å². The zero-order chi connectivity index (χ0) is 28.6. The molecule has 4 aromatic heterocycles. The van der Waals surface area contributed by atoms with E-state index < -0.39 is 5.60 Å². The van der Waals surface area contributed by atoms with E-state index in [4.69, 9.17) is 14.5 Å². The maximum absolute atomic E-state index is 10.1. The third-order valence-corrected chi connectivity index (χ3v) is 7.47. The molecule has 0 aromatic carbocycles. The number of methoxy groups -OCH3 is 1. The Labute approximate surface area is 238 Å². The summed E-state index contributed by atoms with van der Waals surface area (Å²) in [4.78, 5) is 13.8. The summed E-state index contributed by atoms with van der Waals surface area (Å²) in [5, 5.41) is 24.1. The third-order valence-electron chi connectivity index (χ3n) is 7.47. The number of piperazine rings is 1. The van der Waals surface area contributed by atoms with Gasteiger partial charge in [-0.05, 0) is 44.5 Å². The fraction of sp³-hybridized carbons (Fsp3) is 0.355. The molecule has 10 heteroatoms. The lowest BCUT2D eigenvalue weighted by molar-refractivity contribution is 0.0125. The number of nitriles is 1. The van der Waals surface area contributed by atoms with E-state index in [9.17, 15) is 10.4 Å². The Kier molecular flexibility index (Phi) is 6.96. The van der Waals surface area contributed by atoms with E-state index in [1.807, 2.05) is 36.5 Å². The van der Waals surface area contributed by atoms with Gasteiger partial charge in [-0.3, -0.25) is 4.90 Å². The average molecular weight is 550 g/mol. The van der Waals surface area contributed by atoms with Crippen molar-refractivity contribution in [2.75, 3.05) is 38.3 Å². The van der Waals surface area contributed by atoms with Gasteiger partial charge in [-0.15, -0.1) is 0 Å². The molecular formula is C31H31N7O3. The lowest BCUT2D eigenvalue weighted by atomic mass is 9.87. The summed E-state index contributed by atoms with van der Waals surface area (Å²) in [6.07, 6.45) is 8.01. The second kappa shape index (κ2) is 10.7. The first-order valence-corrected chi connectivity index (χ1v) is 13.5. The van der Waals surface area contributed by atoms with Crippen molar-refractivity contribution in [1.29, 1.82) is 5.26 Å². The van der Waals surface area contributed by atoms with Crippen molar-refractivity contribution >= 4 is 11.3 Å². The largest absolute Gasteiger partial charge is 0.489 e. The lowest BCUT2D eigenvalue weighted by Crippen LogP contribution is -2.68. The molecule has 2 unspecified atom stereocenters. The molecule has 3 fully saturated rings. The molecule has 1 N–H and O–H groups in total. The Bertz CT molecular complexity index is 1650. The number of hydrogen-bond donors (Lipinski definition) is 1. The van der Waals surface area contributed by atoms with Crippen molar-refractivity contribution in [3.8, 4) is 40.7 Å². The fourth-order valence-corrected chi connectivity index (χ4v) is 5.41. The molecule has 7 heterocycles. The van der Waals surface area contributed by atoms with Crippen LogP contribution in [0.25, 0.3) is 16.6 Å². The summed E-state index contributed by atoms with van der Waals surface area (Å²) in [7, 11) is 1.60. The van der Waals surface area contributed by atoms with Gasteiger partial charge in [-0.2, -0.15) is 10.4 Å². The number of pyridine rings is 3. The van der Waals surface area contributed by atoms with E-state index >= 15 is 0 Å². The molecule has 0 radical (unpaired) electrons.